The first-order chi connectivity index (χ1) is 20.9. The van der Waals surface area contributed by atoms with Gasteiger partial charge in [-0.05, 0) is 87.4 Å². The summed E-state index contributed by atoms with van der Waals surface area (Å²) < 4.78 is 22.0. The molecule has 1 aromatic heterocycles. The van der Waals surface area contributed by atoms with Crippen LogP contribution in [-0.4, -0.2) is 44.0 Å². The van der Waals surface area contributed by atoms with Crippen LogP contribution in [0.15, 0.2) is 48.5 Å². The summed E-state index contributed by atoms with van der Waals surface area (Å²) in [7, 11) is 0. The van der Waals surface area contributed by atoms with Crippen LogP contribution in [0.5, 0.6) is 0 Å². The monoisotopic (exact) mass is 602 g/mol. The first-order valence-electron chi connectivity index (χ1n) is 15.2. The maximum Gasteiger partial charge on any atom is 0.407 e. The van der Waals surface area contributed by atoms with Crippen molar-refractivity contribution in [3.8, 4) is 5.69 Å². The molecule has 3 amide bonds. The van der Waals surface area contributed by atoms with Crippen molar-refractivity contribution in [2.24, 2.45) is 5.92 Å². The number of nitrogens with one attached hydrogen (secondary N) is 1. The number of hydrogen-bond acceptors (Lipinski definition) is 6. The number of halogens is 1. The number of ether oxygens (including phenoxy) is 1. The molecule has 5 rings (SSSR count). The highest BCUT2D eigenvalue weighted by Gasteiger charge is 2.37. The molecule has 232 valence electrons. The summed E-state index contributed by atoms with van der Waals surface area (Å²) in [6.45, 7) is 7.36. The van der Waals surface area contributed by atoms with E-state index in [0.717, 1.165) is 24.8 Å². The molecule has 1 N–H and O–H groups in total. The molecular weight excluding hydrogens is 563 g/mol. The van der Waals surface area contributed by atoms with Crippen molar-refractivity contribution in [2.75, 3.05) is 0 Å². The number of hydrogen-bond donors (Lipinski definition) is 1. The largest absolute Gasteiger partial charge is 0.444 e. The fourth-order valence-corrected chi connectivity index (χ4v) is 5.57. The number of alkyl carbamates (subject to hydrolysis) is 1. The van der Waals surface area contributed by atoms with Crippen LogP contribution in [-0.2, 0) is 27.3 Å². The predicted molar refractivity (Wildman–Crippen MR) is 162 cm³/mol. The fraction of sp³-hybridized carbons (Fsp3) is 0.441. The van der Waals surface area contributed by atoms with E-state index in [4.69, 9.17) is 4.74 Å². The standard InChI is InChI=1S/C34H39FN4O5/c1-21-16-29(39(37-21)26-7-5-6-23(17-26)20-36-33(43)44-34(2,3)4)30(40)19-25-18-24(11-12-27(25)35)28(13-10-22-8-9-22)38-31(41)14-15-32(38)42/h5-7,11-12,16-18,22,28H,8-10,13-15,19-20H2,1-4H3,(H,36,43). The van der Waals surface area contributed by atoms with E-state index in [2.05, 4.69) is 10.4 Å². The molecule has 44 heavy (non-hydrogen) atoms. The van der Waals surface area contributed by atoms with Gasteiger partial charge in [-0.3, -0.25) is 19.3 Å². The zero-order chi connectivity index (χ0) is 31.6. The van der Waals surface area contributed by atoms with Crippen molar-refractivity contribution >= 4 is 23.7 Å². The second-order valence-electron chi connectivity index (χ2n) is 12.8. The van der Waals surface area contributed by atoms with Crippen LogP contribution < -0.4 is 5.32 Å². The number of rotatable bonds is 11. The molecule has 2 fully saturated rings. The van der Waals surface area contributed by atoms with Gasteiger partial charge in [0.2, 0.25) is 11.8 Å². The molecule has 1 unspecified atom stereocenters. The maximum atomic E-state index is 15.1. The van der Waals surface area contributed by atoms with Gasteiger partial charge >= 0.3 is 6.09 Å². The van der Waals surface area contributed by atoms with Crippen LogP contribution in [0.25, 0.3) is 5.69 Å². The Kier molecular flexibility index (Phi) is 8.99. The number of aryl methyl sites for hydroxylation is 1. The summed E-state index contributed by atoms with van der Waals surface area (Å²) in [5, 5.41) is 7.25. The topological polar surface area (TPSA) is 111 Å². The number of ketones is 1. The minimum absolute atomic E-state index is 0.187. The number of nitrogens with zero attached hydrogens (tertiary/aromatic N) is 3. The fourth-order valence-electron chi connectivity index (χ4n) is 5.57. The van der Waals surface area contributed by atoms with E-state index < -0.39 is 23.6 Å². The van der Waals surface area contributed by atoms with Crippen molar-refractivity contribution < 1.29 is 28.3 Å². The molecule has 1 saturated carbocycles. The third-order valence-corrected chi connectivity index (χ3v) is 7.86. The normalized spacial score (nSPS) is 15.9. The zero-order valence-electron chi connectivity index (χ0n) is 25.7. The molecule has 2 aromatic carbocycles. The van der Waals surface area contributed by atoms with E-state index in [0.29, 0.717) is 35.0 Å². The van der Waals surface area contributed by atoms with Crippen LogP contribution in [0.4, 0.5) is 9.18 Å². The Morgan fingerprint density at radius 2 is 1.80 bits per heavy atom. The Labute approximate surface area is 256 Å². The second kappa shape index (κ2) is 12.7. The average Bonchev–Trinajstić information content (AvgIpc) is 3.62. The Balaban J connectivity index is 1.36. The lowest BCUT2D eigenvalue weighted by atomic mass is 9.95. The molecule has 1 saturated heterocycles. The van der Waals surface area contributed by atoms with Gasteiger partial charge < -0.3 is 10.1 Å². The van der Waals surface area contributed by atoms with Gasteiger partial charge in [-0.15, -0.1) is 0 Å². The smallest absolute Gasteiger partial charge is 0.407 e. The molecule has 0 bridgehead atoms. The molecule has 2 aliphatic rings. The van der Waals surface area contributed by atoms with Gasteiger partial charge in [-0.25, -0.2) is 13.9 Å². The van der Waals surface area contributed by atoms with Gasteiger partial charge in [0.05, 0.1) is 17.4 Å². The number of aromatic nitrogens is 2. The average molecular weight is 603 g/mol. The first kappa shape index (κ1) is 31.1. The first-order valence-corrected chi connectivity index (χ1v) is 15.2. The van der Waals surface area contributed by atoms with Crippen LogP contribution in [0.2, 0.25) is 0 Å². The van der Waals surface area contributed by atoms with Crippen molar-refractivity contribution in [2.45, 2.75) is 90.8 Å². The summed E-state index contributed by atoms with van der Waals surface area (Å²) in [5.74, 6) is -0.676. The number of carbonyl (C=O) groups is 4. The van der Waals surface area contributed by atoms with Crippen molar-refractivity contribution in [1.29, 1.82) is 0 Å². The Morgan fingerprint density at radius 3 is 2.48 bits per heavy atom. The second-order valence-corrected chi connectivity index (χ2v) is 12.8. The van der Waals surface area contributed by atoms with Gasteiger partial charge in [0.25, 0.3) is 0 Å². The van der Waals surface area contributed by atoms with Gasteiger partial charge in [0.1, 0.15) is 17.1 Å². The molecule has 1 aliphatic heterocycles. The molecule has 1 atom stereocenters. The molecular formula is C34H39FN4O5. The summed E-state index contributed by atoms with van der Waals surface area (Å²) >= 11 is 0. The predicted octanol–water partition coefficient (Wildman–Crippen LogP) is 6.15. The highest BCUT2D eigenvalue weighted by Crippen LogP contribution is 2.39. The number of benzene rings is 2. The van der Waals surface area contributed by atoms with E-state index in [9.17, 15) is 19.2 Å². The van der Waals surface area contributed by atoms with Crippen LogP contribution >= 0.6 is 0 Å². The van der Waals surface area contributed by atoms with E-state index in [1.54, 1.807) is 58.0 Å². The third kappa shape index (κ3) is 7.59. The number of imide groups is 1. The summed E-state index contributed by atoms with van der Waals surface area (Å²) in [6, 6.07) is 13.0. The SMILES string of the molecule is Cc1cc(C(=O)Cc2cc(C(CCC3CC3)N3C(=O)CCC3=O)ccc2F)n(-c2cccc(CNC(=O)OC(C)(C)C)c2)n1. The summed E-state index contributed by atoms with van der Waals surface area (Å²) in [6.07, 6.45) is 3.42. The van der Waals surface area contributed by atoms with Gasteiger partial charge in [-0.1, -0.05) is 37.1 Å². The van der Waals surface area contributed by atoms with E-state index in [-0.39, 0.29) is 49.0 Å². The van der Waals surface area contributed by atoms with Crippen LogP contribution in [0.3, 0.4) is 0 Å². The van der Waals surface area contributed by atoms with Crippen molar-refractivity contribution in [3.05, 3.63) is 82.4 Å². The lowest BCUT2D eigenvalue weighted by Crippen LogP contribution is -2.33. The third-order valence-electron chi connectivity index (χ3n) is 7.86. The quantitative estimate of drug-likeness (QED) is 0.208. The van der Waals surface area contributed by atoms with Crippen molar-refractivity contribution in [3.63, 3.8) is 0 Å². The van der Waals surface area contributed by atoms with E-state index in [1.165, 1.54) is 15.6 Å². The Hall–Kier alpha value is -4.34. The molecule has 0 radical (unpaired) electrons. The van der Waals surface area contributed by atoms with Gasteiger partial charge in [0.15, 0.2) is 5.78 Å². The lowest BCUT2D eigenvalue weighted by molar-refractivity contribution is -0.141. The molecule has 2 heterocycles. The molecule has 0 spiro atoms. The minimum atomic E-state index is -0.618. The summed E-state index contributed by atoms with van der Waals surface area (Å²) in [5.41, 5.74) is 2.54. The highest BCUT2D eigenvalue weighted by atomic mass is 19.1. The number of Topliss-reactive ketones (excluding diaryl/α,β-unsaturated/α-hetero) is 1. The number of carbonyl (C=O) groups excluding carboxylic acids is 4. The highest BCUT2D eigenvalue weighted by molar-refractivity contribution is 6.02. The zero-order valence-corrected chi connectivity index (χ0v) is 25.7. The van der Waals surface area contributed by atoms with Crippen molar-refractivity contribution in [1.82, 2.24) is 20.0 Å². The minimum Gasteiger partial charge on any atom is -0.444 e. The summed E-state index contributed by atoms with van der Waals surface area (Å²) in [4.78, 5) is 52.4. The number of likely N-dealkylation sites (tertiary alicyclic amines) is 1. The van der Waals surface area contributed by atoms with Crippen LogP contribution in [0.1, 0.15) is 98.2 Å². The molecule has 3 aromatic rings. The Bertz CT molecular complexity index is 1570. The molecule has 1 aliphatic carbocycles. The Morgan fingerprint density at radius 1 is 1.07 bits per heavy atom. The molecule has 9 nitrogen and oxygen atoms in total. The van der Waals surface area contributed by atoms with E-state index in [1.807, 2.05) is 12.1 Å². The van der Waals surface area contributed by atoms with Gasteiger partial charge in [0, 0.05) is 25.8 Å². The van der Waals surface area contributed by atoms with E-state index >= 15 is 4.39 Å². The number of amides is 3. The lowest BCUT2D eigenvalue weighted by Gasteiger charge is -2.27. The van der Waals surface area contributed by atoms with Gasteiger partial charge in [-0.2, -0.15) is 5.10 Å². The molecule has 10 heteroatoms. The van der Waals surface area contributed by atoms with Crippen LogP contribution in [0, 0.1) is 18.7 Å². The maximum absolute atomic E-state index is 15.1.